The number of nitriles is 1. The summed E-state index contributed by atoms with van der Waals surface area (Å²) in [6, 6.07) is 12.7. The van der Waals surface area contributed by atoms with Gasteiger partial charge >= 0.3 is 0 Å². The predicted molar refractivity (Wildman–Crippen MR) is 112 cm³/mol. The first-order chi connectivity index (χ1) is 13.4. The lowest BCUT2D eigenvalue weighted by Crippen LogP contribution is -2.04. The Kier molecular flexibility index (Phi) is 5.64. The molecule has 3 aromatic rings. The number of methoxy groups -OCH3 is 2. The van der Waals surface area contributed by atoms with Crippen LogP contribution in [0.2, 0.25) is 10.0 Å². The van der Waals surface area contributed by atoms with Gasteiger partial charge in [-0.15, -0.1) is 0 Å². The van der Waals surface area contributed by atoms with Gasteiger partial charge in [-0.2, -0.15) is 5.26 Å². The fourth-order valence-electron chi connectivity index (χ4n) is 3.06. The van der Waals surface area contributed by atoms with Crippen LogP contribution < -0.4 is 15.2 Å². The minimum absolute atomic E-state index is 0.117. The second kappa shape index (κ2) is 7.97. The van der Waals surface area contributed by atoms with E-state index in [2.05, 4.69) is 11.1 Å². The molecular formula is C21H17Cl2N3O2. The molecule has 5 nitrogen and oxygen atoms in total. The average molecular weight is 414 g/mol. The van der Waals surface area contributed by atoms with Crippen LogP contribution in [0.15, 0.2) is 36.4 Å². The fraction of sp³-hybridized carbons (Fsp3) is 0.143. The molecule has 3 rings (SSSR count). The van der Waals surface area contributed by atoms with E-state index in [-0.39, 0.29) is 11.4 Å². The van der Waals surface area contributed by atoms with Gasteiger partial charge in [-0.25, -0.2) is 4.98 Å². The maximum atomic E-state index is 9.71. The Hall–Kier alpha value is -2.94. The smallest absolute Gasteiger partial charge is 0.142 e. The minimum Gasteiger partial charge on any atom is -0.497 e. The van der Waals surface area contributed by atoms with Gasteiger partial charge in [0.15, 0.2) is 0 Å². The van der Waals surface area contributed by atoms with Gasteiger partial charge < -0.3 is 15.2 Å². The molecule has 0 aliphatic heterocycles. The van der Waals surface area contributed by atoms with Crippen LogP contribution >= 0.6 is 23.2 Å². The van der Waals surface area contributed by atoms with E-state index in [0.29, 0.717) is 38.4 Å². The molecule has 0 aliphatic carbocycles. The number of rotatable bonds is 4. The summed E-state index contributed by atoms with van der Waals surface area (Å²) < 4.78 is 10.7. The number of nitrogens with zero attached hydrogens (tertiary/aromatic N) is 2. The summed E-state index contributed by atoms with van der Waals surface area (Å²) >= 11 is 12.4. The molecule has 28 heavy (non-hydrogen) atoms. The molecule has 0 aliphatic rings. The zero-order valence-corrected chi connectivity index (χ0v) is 17.0. The molecule has 0 saturated carbocycles. The van der Waals surface area contributed by atoms with E-state index in [4.69, 9.17) is 38.4 Å². The van der Waals surface area contributed by atoms with Gasteiger partial charge in [0, 0.05) is 22.2 Å². The van der Waals surface area contributed by atoms with Gasteiger partial charge in [-0.3, -0.25) is 0 Å². The highest BCUT2D eigenvalue weighted by molar-refractivity contribution is 6.36. The number of anilines is 1. The predicted octanol–water partition coefficient (Wildman–Crippen LogP) is 5.50. The first kappa shape index (κ1) is 19.8. The van der Waals surface area contributed by atoms with Crippen molar-refractivity contribution in [2.24, 2.45) is 0 Å². The number of benzene rings is 2. The number of aromatic nitrogens is 1. The lowest BCUT2D eigenvalue weighted by molar-refractivity contribution is 0.394. The summed E-state index contributed by atoms with van der Waals surface area (Å²) in [5, 5.41) is 10.7. The normalized spacial score (nSPS) is 10.4. The Morgan fingerprint density at radius 3 is 2.21 bits per heavy atom. The standard InChI is InChI=1S/C21H17Cl2N3O2/c1-11-19(12-6-14(27-2)9-15(7-12)28-3)17(10-24)21(25)26-20(11)16-5-4-13(22)8-18(16)23/h4-9H,1-3H3,(H2,25,26). The molecule has 1 aromatic heterocycles. The monoisotopic (exact) mass is 413 g/mol. The summed E-state index contributed by atoms with van der Waals surface area (Å²) in [5.41, 5.74) is 9.80. The topological polar surface area (TPSA) is 81.2 Å². The summed E-state index contributed by atoms with van der Waals surface area (Å²) in [4.78, 5) is 4.44. The number of halogens is 2. The third kappa shape index (κ3) is 3.57. The highest BCUT2D eigenvalue weighted by Crippen LogP contribution is 2.40. The molecule has 0 spiro atoms. The summed E-state index contributed by atoms with van der Waals surface area (Å²) in [5.74, 6) is 1.31. The largest absolute Gasteiger partial charge is 0.497 e. The van der Waals surface area contributed by atoms with Crippen molar-refractivity contribution in [1.82, 2.24) is 4.98 Å². The second-order valence-electron chi connectivity index (χ2n) is 6.06. The number of nitrogens with two attached hydrogens (primary N) is 1. The van der Waals surface area contributed by atoms with Gasteiger partial charge in [0.05, 0.1) is 24.9 Å². The van der Waals surface area contributed by atoms with Crippen LogP contribution in [0, 0.1) is 18.3 Å². The van der Waals surface area contributed by atoms with E-state index in [1.54, 1.807) is 38.5 Å². The Morgan fingerprint density at radius 2 is 1.68 bits per heavy atom. The van der Waals surface area contributed by atoms with Gasteiger partial charge in [0.25, 0.3) is 0 Å². The molecule has 1 heterocycles. The summed E-state index contributed by atoms with van der Waals surface area (Å²) in [7, 11) is 3.13. The lowest BCUT2D eigenvalue weighted by Gasteiger charge is -2.17. The number of hydrogen-bond acceptors (Lipinski definition) is 5. The maximum Gasteiger partial charge on any atom is 0.142 e. The Labute approximate surface area is 173 Å². The Morgan fingerprint density at radius 1 is 1.04 bits per heavy atom. The van der Waals surface area contributed by atoms with Crippen molar-refractivity contribution in [3.8, 4) is 40.0 Å². The van der Waals surface area contributed by atoms with Crippen molar-refractivity contribution in [3.05, 3.63) is 57.6 Å². The van der Waals surface area contributed by atoms with Gasteiger partial charge in [0.2, 0.25) is 0 Å². The summed E-state index contributed by atoms with van der Waals surface area (Å²) in [6.07, 6.45) is 0. The van der Waals surface area contributed by atoms with Gasteiger partial charge in [-0.1, -0.05) is 23.2 Å². The SMILES string of the molecule is COc1cc(OC)cc(-c2c(C)c(-c3ccc(Cl)cc3Cl)nc(N)c2C#N)c1. The van der Waals surface area contributed by atoms with E-state index in [0.717, 1.165) is 11.1 Å². The van der Waals surface area contributed by atoms with E-state index < -0.39 is 0 Å². The molecule has 2 aromatic carbocycles. The zero-order chi connectivity index (χ0) is 20.4. The van der Waals surface area contributed by atoms with Crippen LogP contribution in [0.25, 0.3) is 22.4 Å². The van der Waals surface area contributed by atoms with Crippen LogP contribution in [0.1, 0.15) is 11.1 Å². The minimum atomic E-state index is 0.117. The molecule has 0 bridgehead atoms. The second-order valence-corrected chi connectivity index (χ2v) is 6.90. The number of nitrogen functional groups attached to an aromatic ring is 1. The first-order valence-corrected chi connectivity index (χ1v) is 9.04. The molecule has 0 unspecified atom stereocenters. The third-order valence-electron chi connectivity index (χ3n) is 4.41. The molecular weight excluding hydrogens is 397 g/mol. The molecule has 2 N–H and O–H groups in total. The average Bonchev–Trinajstić information content (AvgIpc) is 2.68. The number of ether oxygens (including phenoxy) is 2. The summed E-state index contributed by atoms with van der Waals surface area (Å²) in [6.45, 7) is 1.87. The molecule has 0 amide bonds. The quantitative estimate of drug-likeness (QED) is 0.610. The molecule has 142 valence electrons. The van der Waals surface area contributed by atoms with Crippen LogP contribution in [0.4, 0.5) is 5.82 Å². The van der Waals surface area contributed by atoms with Gasteiger partial charge in [0.1, 0.15) is 28.9 Å². The van der Waals surface area contributed by atoms with Crippen LogP contribution in [0.3, 0.4) is 0 Å². The van der Waals surface area contributed by atoms with Crippen LogP contribution in [0.5, 0.6) is 11.5 Å². The molecule has 0 fully saturated rings. The van der Waals surface area contributed by atoms with Crippen molar-refractivity contribution >= 4 is 29.0 Å². The Bertz CT molecular complexity index is 1090. The van der Waals surface area contributed by atoms with Crippen molar-refractivity contribution in [2.75, 3.05) is 20.0 Å². The third-order valence-corrected chi connectivity index (χ3v) is 4.95. The van der Waals surface area contributed by atoms with E-state index in [1.165, 1.54) is 0 Å². The van der Waals surface area contributed by atoms with Crippen molar-refractivity contribution in [1.29, 1.82) is 5.26 Å². The van der Waals surface area contributed by atoms with Gasteiger partial charge in [-0.05, 0) is 48.4 Å². The molecule has 7 heteroatoms. The van der Waals surface area contributed by atoms with E-state index in [1.807, 2.05) is 19.1 Å². The van der Waals surface area contributed by atoms with Crippen molar-refractivity contribution in [3.63, 3.8) is 0 Å². The first-order valence-electron chi connectivity index (χ1n) is 8.28. The van der Waals surface area contributed by atoms with Crippen molar-refractivity contribution in [2.45, 2.75) is 6.92 Å². The lowest BCUT2D eigenvalue weighted by atomic mass is 9.92. The molecule has 0 radical (unpaired) electrons. The highest BCUT2D eigenvalue weighted by Gasteiger charge is 2.20. The Balaban J connectivity index is 2.36. The molecule has 0 saturated heterocycles. The highest BCUT2D eigenvalue weighted by atomic mass is 35.5. The maximum absolute atomic E-state index is 9.71. The van der Waals surface area contributed by atoms with Crippen LogP contribution in [-0.4, -0.2) is 19.2 Å². The van der Waals surface area contributed by atoms with E-state index in [9.17, 15) is 5.26 Å². The fourth-order valence-corrected chi connectivity index (χ4v) is 3.56. The molecule has 0 atom stereocenters. The van der Waals surface area contributed by atoms with Crippen molar-refractivity contribution < 1.29 is 9.47 Å². The number of pyridine rings is 1. The zero-order valence-electron chi connectivity index (χ0n) is 15.5. The van der Waals surface area contributed by atoms with E-state index >= 15 is 0 Å². The number of hydrogen-bond donors (Lipinski definition) is 1. The van der Waals surface area contributed by atoms with Crippen LogP contribution in [-0.2, 0) is 0 Å².